The lowest BCUT2D eigenvalue weighted by Gasteiger charge is -2.07. The van der Waals surface area contributed by atoms with Crippen LogP contribution in [0.3, 0.4) is 0 Å². The molecule has 0 aliphatic carbocycles. The summed E-state index contributed by atoms with van der Waals surface area (Å²) in [5.41, 5.74) is 0.642. The highest BCUT2D eigenvalue weighted by Gasteiger charge is 2.18. The Morgan fingerprint density at radius 2 is 2.14 bits per heavy atom. The van der Waals surface area contributed by atoms with Gasteiger partial charge in [-0.25, -0.2) is 4.79 Å². The number of nitrogens with zero attached hydrogens (tertiary/aromatic N) is 2. The van der Waals surface area contributed by atoms with Crippen molar-refractivity contribution < 1.29 is 14.4 Å². The minimum atomic E-state index is -1.05. The molecule has 0 bridgehead atoms. The second-order valence-corrected chi connectivity index (χ2v) is 3.11. The zero-order valence-electron chi connectivity index (χ0n) is 8.27. The largest absolute Gasteiger partial charge is 0.476 e. The molecule has 1 heterocycles. The lowest BCUT2D eigenvalue weighted by atomic mass is 10.2. The molecule has 80 valence electrons. The van der Waals surface area contributed by atoms with E-state index < -0.39 is 5.97 Å². The number of carboxylic acid groups (broad SMARTS) is 1. The van der Waals surface area contributed by atoms with E-state index in [0.29, 0.717) is 17.9 Å². The summed E-state index contributed by atoms with van der Waals surface area (Å²) in [4.78, 5) is 12.5. The van der Waals surface area contributed by atoms with Crippen molar-refractivity contribution in [3.05, 3.63) is 17.0 Å². The topological polar surface area (TPSA) is 66.6 Å². The second kappa shape index (κ2) is 4.97. The monoisotopic (exact) mass is 220 g/mol. The van der Waals surface area contributed by atoms with Crippen LogP contribution < -0.4 is 0 Å². The standard InChI is InChI=1S/C8H12N2O3.ClH/c1-5-6(4-10(2)3)7(8(11)12)9-13-5;/h4H2,1-3H3,(H,11,12);1H. The van der Waals surface area contributed by atoms with Gasteiger partial charge in [-0.2, -0.15) is 0 Å². The van der Waals surface area contributed by atoms with Gasteiger partial charge in [-0.15, -0.1) is 12.4 Å². The highest BCUT2D eigenvalue weighted by atomic mass is 35.5. The molecule has 5 nitrogen and oxygen atoms in total. The van der Waals surface area contributed by atoms with E-state index in [0.717, 1.165) is 0 Å². The van der Waals surface area contributed by atoms with Crippen LogP contribution >= 0.6 is 12.4 Å². The molecule has 1 rings (SSSR count). The maximum atomic E-state index is 10.7. The summed E-state index contributed by atoms with van der Waals surface area (Å²) >= 11 is 0. The van der Waals surface area contributed by atoms with Gasteiger partial charge in [-0.3, -0.25) is 0 Å². The van der Waals surface area contributed by atoms with Crippen LogP contribution in [0.25, 0.3) is 0 Å². The molecule has 14 heavy (non-hydrogen) atoms. The molecule has 0 aliphatic heterocycles. The molecule has 0 aliphatic rings. The van der Waals surface area contributed by atoms with Crippen LogP contribution in [0.1, 0.15) is 21.8 Å². The third-order valence-corrected chi connectivity index (χ3v) is 1.66. The molecule has 0 spiro atoms. The zero-order chi connectivity index (χ0) is 10.0. The highest BCUT2D eigenvalue weighted by molar-refractivity contribution is 5.87. The van der Waals surface area contributed by atoms with Crippen LogP contribution in [0.5, 0.6) is 0 Å². The Balaban J connectivity index is 0.00000169. The summed E-state index contributed by atoms with van der Waals surface area (Å²) in [6.45, 7) is 2.23. The first-order chi connectivity index (χ1) is 6.02. The van der Waals surface area contributed by atoms with Gasteiger partial charge in [0.15, 0.2) is 5.69 Å². The molecule has 0 atom stereocenters. The number of hydrogen-bond donors (Lipinski definition) is 1. The van der Waals surface area contributed by atoms with Crippen LogP contribution in [0, 0.1) is 6.92 Å². The molecule has 1 aromatic heterocycles. The molecule has 0 fully saturated rings. The fourth-order valence-corrected chi connectivity index (χ4v) is 1.06. The number of carboxylic acids is 1. The Hall–Kier alpha value is -1.07. The predicted octanol–water partition coefficient (Wildman–Crippen LogP) is 1.16. The summed E-state index contributed by atoms with van der Waals surface area (Å²) < 4.78 is 4.80. The Morgan fingerprint density at radius 1 is 1.57 bits per heavy atom. The van der Waals surface area contributed by atoms with Crippen LogP contribution in [0.4, 0.5) is 0 Å². The van der Waals surface area contributed by atoms with Crippen molar-refractivity contribution in [1.82, 2.24) is 10.1 Å². The van der Waals surface area contributed by atoms with Gasteiger partial charge in [0.25, 0.3) is 0 Å². The highest BCUT2D eigenvalue weighted by Crippen LogP contribution is 2.14. The first-order valence-corrected chi connectivity index (χ1v) is 3.85. The maximum Gasteiger partial charge on any atom is 0.358 e. The molecule has 0 saturated carbocycles. The predicted molar refractivity (Wildman–Crippen MR) is 52.8 cm³/mol. The van der Waals surface area contributed by atoms with Crippen molar-refractivity contribution in [1.29, 1.82) is 0 Å². The number of halogens is 1. The van der Waals surface area contributed by atoms with Gasteiger partial charge in [-0.05, 0) is 21.0 Å². The van der Waals surface area contributed by atoms with E-state index in [2.05, 4.69) is 5.16 Å². The minimum absolute atomic E-state index is 0. The maximum absolute atomic E-state index is 10.7. The van der Waals surface area contributed by atoms with Gasteiger partial charge >= 0.3 is 5.97 Å². The summed E-state index contributed by atoms with van der Waals surface area (Å²) in [5.74, 6) is -0.486. The average Bonchev–Trinajstić information content (AvgIpc) is 2.32. The first kappa shape index (κ1) is 12.9. The van der Waals surface area contributed by atoms with E-state index in [1.165, 1.54) is 0 Å². The Bertz CT molecular complexity index is 322. The Morgan fingerprint density at radius 3 is 2.57 bits per heavy atom. The molecule has 1 aromatic rings. The number of rotatable bonds is 3. The van der Waals surface area contributed by atoms with Crippen molar-refractivity contribution in [2.45, 2.75) is 13.5 Å². The minimum Gasteiger partial charge on any atom is -0.476 e. The SMILES string of the molecule is Cc1onc(C(=O)O)c1CN(C)C.Cl. The lowest BCUT2D eigenvalue weighted by Crippen LogP contribution is -2.14. The second-order valence-electron chi connectivity index (χ2n) is 3.11. The normalized spacial score (nSPS) is 10.0. The Labute approximate surface area is 88.1 Å². The van der Waals surface area contributed by atoms with Crippen molar-refractivity contribution in [2.75, 3.05) is 14.1 Å². The molecule has 6 heteroatoms. The lowest BCUT2D eigenvalue weighted by molar-refractivity contribution is 0.0684. The van der Waals surface area contributed by atoms with Crippen LogP contribution in [-0.2, 0) is 6.54 Å². The van der Waals surface area contributed by atoms with Crippen molar-refractivity contribution in [3.8, 4) is 0 Å². The fraction of sp³-hybridized carbons (Fsp3) is 0.500. The third-order valence-electron chi connectivity index (χ3n) is 1.66. The van der Waals surface area contributed by atoms with Gasteiger partial charge in [0.1, 0.15) is 5.76 Å². The number of aromatic nitrogens is 1. The van der Waals surface area contributed by atoms with E-state index in [1.54, 1.807) is 6.92 Å². The summed E-state index contributed by atoms with van der Waals surface area (Å²) in [6.07, 6.45) is 0. The van der Waals surface area contributed by atoms with E-state index in [1.807, 2.05) is 19.0 Å². The quantitative estimate of drug-likeness (QED) is 0.828. The first-order valence-electron chi connectivity index (χ1n) is 3.85. The number of hydrogen-bond acceptors (Lipinski definition) is 4. The molecule has 0 aromatic carbocycles. The molecule has 1 N–H and O–H groups in total. The molecular weight excluding hydrogens is 208 g/mol. The van der Waals surface area contributed by atoms with E-state index in [-0.39, 0.29) is 18.1 Å². The molecular formula is C8H13ClN2O3. The van der Waals surface area contributed by atoms with Gasteiger partial charge in [0.05, 0.1) is 0 Å². The van der Waals surface area contributed by atoms with Gasteiger partial charge in [-0.1, -0.05) is 5.16 Å². The third kappa shape index (κ3) is 2.71. The van der Waals surface area contributed by atoms with Crippen LogP contribution in [0.15, 0.2) is 4.52 Å². The van der Waals surface area contributed by atoms with Crippen molar-refractivity contribution >= 4 is 18.4 Å². The summed E-state index contributed by atoms with van der Waals surface area (Å²) in [5, 5.41) is 12.2. The fourth-order valence-electron chi connectivity index (χ4n) is 1.06. The number of carbonyl (C=O) groups is 1. The average molecular weight is 221 g/mol. The smallest absolute Gasteiger partial charge is 0.358 e. The molecule has 0 amide bonds. The van der Waals surface area contributed by atoms with Crippen molar-refractivity contribution in [3.63, 3.8) is 0 Å². The molecule has 0 unspecified atom stereocenters. The zero-order valence-corrected chi connectivity index (χ0v) is 9.09. The van der Waals surface area contributed by atoms with Gasteiger partial charge < -0.3 is 14.5 Å². The number of aromatic carboxylic acids is 1. The number of aryl methyl sites for hydroxylation is 1. The summed E-state index contributed by atoms with van der Waals surface area (Å²) in [7, 11) is 3.72. The van der Waals surface area contributed by atoms with Crippen molar-refractivity contribution in [2.24, 2.45) is 0 Å². The van der Waals surface area contributed by atoms with Gasteiger partial charge in [0, 0.05) is 12.1 Å². The van der Waals surface area contributed by atoms with E-state index in [9.17, 15) is 4.79 Å². The molecule has 0 saturated heterocycles. The van der Waals surface area contributed by atoms with Crippen LogP contribution in [0.2, 0.25) is 0 Å². The summed E-state index contributed by atoms with van der Waals surface area (Å²) in [6, 6.07) is 0. The van der Waals surface area contributed by atoms with E-state index >= 15 is 0 Å². The van der Waals surface area contributed by atoms with Crippen LogP contribution in [-0.4, -0.2) is 35.2 Å². The molecule has 0 radical (unpaired) electrons. The van der Waals surface area contributed by atoms with E-state index in [4.69, 9.17) is 9.63 Å². The Kier molecular flexibility index (Phi) is 4.59. The van der Waals surface area contributed by atoms with Gasteiger partial charge in [0.2, 0.25) is 0 Å².